The second kappa shape index (κ2) is 9.45. The number of carbonyl (C=O) groups is 1. The molecular weight excluding hydrogens is 346 g/mol. The zero-order valence-electron chi connectivity index (χ0n) is 15.9. The third kappa shape index (κ3) is 6.02. The molecular formula is C19H27N5O3. The normalized spacial score (nSPS) is 17.3. The minimum atomic E-state index is -0.128. The molecule has 0 aromatic carbocycles. The molecule has 8 nitrogen and oxygen atoms in total. The summed E-state index contributed by atoms with van der Waals surface area (Å²) in [5.41, 5.74) is 0.897. The molecule has 0 aliphatic carbocycles. The van der Waals surface area contributed by atoms with E-state index < -0.39 is 0 Å². The molecule has 3 rings (SSSR count). The summed E-state index contributed by atoms with van der Waals surface area (Å²) in [6.45, 7) is 6.20. The maximum absolute atomic E-state index is 12.4. The molecule has 0 saturated carbocycles. The Labute approximate surface area is 159 Å². The molecule has 146 valence electrons. The molecule has 1 atom stereocenters. The summed E-state index contributed by atoms with van der Waals surface area (Å²) in [5, 5.41) is 6.78. The number of nitrogens with zero attached hydrogens (tertiary/aromatic N) is 4. The first kappa shape index (κ1) is 19.3. The molecule has 2 amide bonds. The zero-order valence-corrected chi connectivity index (χ0v) is 15.9. The number of amides is 2. The Morgan fingerprint density at radius 3 is 3.11 bits per heavy atom. The Morgan fingerprint density at radius 1 is 1.44 bits per heavy atom. The van der Waals surface area contributed by atoms with Crippen LogP contribution in [0.4, 0.5) is 4.79 Å². The molecule has 1 aliphatic heterocycles. The van der Waals surface area contributed by atoms with Crippen LogP contribution >= 0.6 is 0 Å². The minimum Gasteiger partial charge on any atom is -0.370 e. The van der Waals surface area contributed by atoms with Crippen LogP contribution < -0.4 is 5.32 Å². The van der Waals surface area contributed by atoms with Crippen molar-refractivity contribution in [3.05, 3.63) is 41.8 Å². The van der Waals surface area contributed by atoms with E-state index in [0.717, 1.165) is 31.5 Å². The van der Waals surface area contributed by atoms with Crippen molar-refractivity contribution < 1.29 is 14.1 Å². The average molecular weight is 373 g/mol. The van der Waals surface area contributed by atoms with Crippen molar-refractivity contribution in [1.29, 1.82) is 0 Å². The standard InChI is InChI=1S/C19H27N5O3/c1-14(2)10-18-22-17(23-27-18)11-21-19(25)24-9-5-7-16(12-24)26-13-15-6-3-4-8-20-15/h3-4,6,8,14,16H,5,7,9-13H2,1-2H3,(H,21,25)/t16-/m1/s1. The smallest absolute Gasteiger partial charge is 0.317 e. The summed E-state index contributed by atoms with van der Waals surface area (Å²) >= 11 is 0. The highest BCUT2D eigenvalue weighted by molar-refractivity contribution is 5.74. The van der Waals surface area contributed by atoms with Crippen molar-refractivity contribution in [3.8, 4) is 0 Å². The molecule has 2 aromatic rings. The number of carbonyl (C=O) groups excluding carboxylic acids is 1. The van der Waals surface area contributed by atoms with E-state index in [1.165, 1.54) is 0 Å². The van der Waals surface area contributed by atoms with Gasteiger partial charge in [0.2, 0.25) is 5.89 Å². The summed E-state index contributed by atoms with van der Waals surface area (Å²) in [6.07, 6.45) is 4.38. The first-order valence-corrected chi connectivity index (χ1v) is 9.46. The molecule has 0 bridgehead atoms. The van der Waals surface area contributed by atoms with Crippen molar-refractivity contribution in [1.82, 2.24) is 25.3 Å². The van der Waals surface area contributed by atoms with Crippen molar-refractivity contribution in [2.24, 2.45) is 5.92 Å². The van der Waals surface area contributed by atoms with Crippen LogP contribution in [0.2, 0.25) is 0 Å². The Hall–Kier alpha value is -2.48. The molecule has 0 spiro atoms. The third-order valence-electron chi connectivity index (χ3n) is 4.35. The summed E-state index contributed by atoms with van der Waals surface area (Å²) in [4.78, 5) is 22.8. The quantitative estimate of drug-likeness (QED) is 0.802. The maximum atomic E-state index is 12.4. The van der Waals surface area contributed by atoms with Crippen molar-refractivity contribution >= 4 is 6.03 Å². The summed E-state index contributed by atoms with van der Waals surface area (Å²) in [7, 11) is 0. The predicted octanol–water partition coefficient (Wildman–Crippen LogP) is 2.55. The number of likely N-dealkylation sites (tertiary alicyclic amines) is 1. The van der Waals surface area contributed by atoms with Gasteiger partial charge in [0.1, 0.15) is 0 Å². The van der Waals surface area contributed by atoms with Gasteiger partial charge in [-0.2, -0.15) is 4.98 Å². The lowest BCUT2D eigenvalue weighted by molar-refractivity contribution is -0.00169. The highest BCUT2D eigenvalue weighted by Gasteiger charge is 2.24. The van der Waals surface area contributed by atoms with Gasteiger partial charge >= 0.3 is 6.03 Å². The van der Waals surface area contributed by atoms with E-state index in [2.05, 4.69) is 34.3 Å². The number of hydrogen-bond donors (Lipinski definition) is 1. The first-order valence-electron chi connectivity index (χ1n) is 9.46. The fourth-order valence-corrected chi connectivity index (χ4v) is 3.01. The minimum absolute atomic E-state index is 0.0225. The van der Waals surface area contributed by atoms with Gasteiger partial charge in [0.25, 0.3) is 0 Å². The van der Waals surface area contributed by atoms with Gasteiger partial charge in [0.15, 0.2) is 5.82 Å². The van der Waals surface area contributed by atoms with E-state index >= 15 is 0 Å². The van der Waals surface area contributed by atoms with Crippen LogP contribution in [0, 0.1) is 5.92 Å². The molecule has 1 fully saturated rings. The van der Waals surface area contributed by atoms with Crippen LogP contribution in [0.15, 0.2) is 28.9 Å². The number of ether oxygens (including phenoxy) is 1. The van der Waals surface area contributed by atoms with Gasteiger partial charge in [0, 0.05) is 25.7 Å². The second-order valence-corrected chi connectivity index (χ2v) is 7.20. The lowest BCUT2D eigenvalue weighted by Crippen LogP contribution is -2.47. The maximum Gasteiger partial charge on any atom is 0.317 e. The van der Waals surface area contributed by atoms with E-state index in [1.54, 1.807) is 11.1 Å². The Balaban J connectivity index is 1.43. The van der Waals surface area contributed by atoms with Crippen LogP contribution in [0.3, 0.4) is 0 Å². The number of rotatable bonds is 7. The third-order valence-corrected chi connectivity index (χ3v) is 4.35. The number of pyridine rings is 1. The van der Waals surface area contributed by atoms with E-state index in [-0.39, 0.29) is 18.7 Å². The number of hydrogen-bond acceptors (Lipinski definition) is 6. The van der Waals surface area contributed by atoms with Gasteiger partial charge in [-0.25, -0.2) is 4.79 Å². The van der Waals surface area contributed by atoms with Crippen molar-refractivity contribution in [2.45, 2.75) is 52.4 Å². The molecule has 0 radical (unpaired) electrons. The van der Waals surface area contributed by atoms with Gasteiger partial charge in [-0.05, 0) is 30.9 Å². The number of urea groups is 1. The molecule has 1 N–H and O–H groups in total. The van der Waals surface area contributed by atoms with Crippen LogP contribution in [0.1, 0.15) is 44.1 Å². The van der Waals surface area contributed by atoms with Crippen LogP contribution in [0.5, 0.6) is 0 Å². The lowest BCUT2D eigenvalue weighted by Gasteiger charge is -2.32. The van der Waals surface area contributed by atoms with Gasteiger partial charge in [-0.3, -0.25) is 4.98 Å². The van der Waals surface area contributed by atoms with Gasteiger partial charge < -0.3 is 19.5 Å². The van der Waals surface area contributed by atoms with Crippen molar-refractivity contribution in [2.75, 3.05) is 13.1 Å². The Morgan fingerprint density at radius 2 is 2.33 bits per heavy atom. The molecule has 3 heterocycles. The predicted molar refractivity (Wildman–Crippen MR) is 98.7 cm³/mol. The van der Waals surface area contributed by atoms with E-state index in [9.17, 15) is 4.79 Å². The van der Waals surface area contributed by atoms with Crippen LogP contribution in [-0.4, -0.2) is 45.2 Å². The summed E-state index contributed by atoms with van der Waals surface area (Å²) in [5.74, 6) is 1.55. The van der Waals surface area contributed by atoms with Crippen LogP contribution in [0.25, 0.3) is 0 Å². The van der Waals surface area contributed by atoms with E-state index in [4.69, 9.17) is 9.26 Å². The summed E-state index contributed by atoms with van der Waals surface area (Å²) < 4.78 is 11.1. The molecule has 2 aromatic heterocycles. The molecule has 1 aliphatic rings. The van der Waals surface area contributed by atoms with Gasteiger partial charge in [0.05, 0.1) is 24.9 Å². The largest absolute Gasteiger partial charge is 0.370 e. The number of aromatic nitrogens is 3. The first-order chi connectivity index (χ1) is 13.1. The highest BCUT2D eigenvalue weighted by Crippen LogP contribution is 2.15. The van der Waals surface area contributed by atoms with Crippen molar-refractivity contribution in [3.63, 3.8) is 0 Å². The fraction of sp³-hybridized carbons (Fsp3) is 0.579. The van der Waals surface area contributed by atoms with Gasteiger partial charge in [-0.1, -0.05) is 25.1 Å². The van der Waals surface area contributed by atoms with E-state index in [0.29, 0.717) is 30.8 Å². The Bertz CT molecular complexity index is 719. The number of piperidine rings is 1. The zero-order chi connectivity index (χ0) is 19.1. The molecule has 0 unspecified atom stereocenters. The van der Waals surface area contributed by atoms with Crippen LogP contribution in [-0.2, 0) is 24.3 Å². The summed E-state index contributed by atoms with van der Waals surface area (Å²) in [6, 6.07) is 5.63. The topological polar surface area (TPSA) is 93.4 Å². The molecule has 8 heteroatoms. The van der Waals surface area contributed by atoms with Gasteiger partial charge in [-0.15, -0.1) is 0 Å². The molecule has 27 heavy (non-hydrogen) atoms. The SMILES string of the molecule is CC(C)Cc1nc(CNC(=O)N2CCC[C@@H](OCc3ccccn3)C2)no1. The Kier molecular flexibility index (Phi) is 6.75. The fourth-order valence-electron chi connectivity index (χ4n) is 3.01. The average Bonchev–Trinajstić information content (AvgIpc) is 3.12. The monoisotopic (exact) mass is 373 g/mol. The second-order valence-electron chi connectivity index (χ2n) is 7.20. The lowest BCUT2D eigenvalue weighted by atomic mass is 10.1. The number of nitrogens with one attached hydrogen (secondary N) is 1. The molecule has 1 saturated heterocycles. The highest BCUT2D eigenvalue weighted by atomic mass is 16.5. The van der Waals surface area contributed by atoms with E-state index in [1.807, 2.05) is 18.2 Å².